The van der Waals surface area contributed by atoms with Gasteiger partial charge in [-0.25, -0.2) is 26.8 Å². The Bertz CT molecular complexity index is 2550. The molecule has 4 heterocycles. The standard InChI is InChI=1S/C22H25N3O3S2.C21H22BrN3O2S2/c1-17-6-8-21(9-7-17)30(26,27)25-12-10-24(11-13-25)22-23-19(16-29-22)14-18-4-3-5-20(15-18)28-2;1-16-5-7-20(8-6-16)29(26,27)25-11-9-24(10-12-25)21-23-19(15-28-21)14-17-3-2-4-18(22)13-17/h3-9,15-16H,10-14H2,1-2H3;2-8,13,15H,9-12,14H2,1H3. The van der Waals surface area contributed by atoms with Crippen LogP contribution in [0.15, 0.2) is 122 Å². The Labute approximate surface area is 364 Å². The Morgan fingerprint density at radius 2 is 1.02 bits per heavy atom. The lowest BCUT2D eigenvalue weighted by molar-refractivity contribution is 0.384. The number of hydrogen-bond acceptors (Lipinski definition) is 11. The summed E-state index contributed by atoms with van der Waals surface area (Å²) in [5, 5.41) is 6.07. The second-order valence-corrected chi connectivity index (χ2v) is 21.0. The van der Waals surface area contributed by atoms with E-state index in [9.17, 15) is 16.8 Å². The molecule has 16 heteroatoms. The maximum atomic E-state index is 12.9. The van der Waals surface area contributed by atoms with Gasteiger partial charge in [-0.3, -0.25) is 0 Å². The van der Waals surface area contributed by atoms with Crippen LogP contribution in [-0.2, 0) is 32.9 Å². The fraction of sp³-hybridized carbons (Fsp3) is 0.302. The molecule has 4 aromatic carbocycles. The van der Waals surface area contributed by atoms with Gasteiger partial charge in [0.25, 0.3) is 0 Å². The summed E-state index contributed by atoms with van der Waals surface area (Å²) in [6.45, 7) is 8.33. The Morgan fingerprint density at radius 1 is 0.593 bits per heavy atom. The molecule has 310 valence electrons. The van der Waals surface area contributed by atoms with E-state index in [1.54, 1.807) is 62.7 Å². The SMILES string of the molecule is COc1cccc(Cc2csc(N3CCN(S(=O)(=O)c4ccc(C)cc4)CC3)n2)c1.Cc1ccc(S(=O)(=O)N2CCN(c3nc(Cc4cccc(Br)c4)cs3)CC2)cc1. The van der Waals surface area contributed by atoms with Crippen molar-refractivity contribution in [3.8, 4) is 5.75 Å². The maximum absolute atomic E-state index is 12.9. The van der Waals surface area contributed by atoms with E-state index in [0.717, 1.165) is 61.4 Å². The highest BCUT2D eigenvalue weighted by atomic mass is 79.9. The molecule has 0 spiro atoms. The number of thiazole rings is 2. The predicted molar refractivity (Wildman–Crippen MR) is 241 cm³/mol. The van der Waals surface area contributed by atoms with Gasteiger partial charge in [-0.15, -0.1) is 22.7 Å². The van der Waals surface area contributed by atoms with E-state index in [4.69, 9.17) is 14.7 Å². The molecule has 0 unspecified atom stereocenters. The van der Waals surface area contributed by atoms with Gasteiger partial charge < -0.3 is 14.5 Å². The number of ether oxygens (including phenoxy) is 1. The van der Waals surface area contributed by atoms with E-state index in [1.165, 1.54) is 5.56 Å². The van der Waals surface area contributed by atoms with E-state index < -0.39 is 20.0 Å². The highest BCUT2D eigenvalue weighted by Crippen LogP contribution is 2.28. The van der Waals surface area contributed by atoms with Crippen LogP contribution in [0.4, 0.5) is 10.3 Å². The molecule has 8 rings (SSSR count). The maximum Gasteiger partial charge on any atom is 0.243 e. The van der Waals surface area contributed by atoms with Gasteiger partial charge >= 0.3 is 0 Å². The minimum absolute atomic E-state index is 0.358. The van der Waals surface area contributed by atoms with E-state index >= 15 is 0 Å². The van der Waals surface area contributed by atoms with Crippen LogP contribution in [-0.4, -0.2) is 94.9 Å². The first-order chi connectivity index (χ1) is 28.4. The smallest absolute Gasteiger partial charge is 0.243 e. The molecule has 0 amide bonds. The summed E-state index contributed by atoms with van der Waals surface area (Å²) in [5.74, 6) is 0.842. The molecule has 0 bridgehead atoms. The highest BCUT2D eigenvalue weighted by molar-refractivity contribution is 9.10. The molecule has 0 aliphatic carbocycles. The molecule has 2 aliphatic rings. The average molecular weight is 936 g/mol. The number of aryl methyl sites for hydroxylation is 2. The van der Waals surface area contributed by atoms with Crippen molar-refractivity contribution in [3.63, 3.8) is 0 Å². The molecule has 0 atom stereocenters. The van der Waals surface area contributed by atoms with Crippen LogP contribution in [0.1, 0.15) is 33.6 Å². The number of rotatable bonds is 11. The van der Waals surface area contributed by atoms with Crippen LogP contribution in [0.2, 0.25) is 0 Å². The molecule has 59 heavy (non-hydrogen) atoms. The summed E-state index contributed by atoms with van der Waals surface area (Å²) in [5.41, 5.74) is 6.52. The molecule has 2 aromatic heterocycles. The topological polar surface area (TPSA) is 116 Å². The van der Waals surface area contributed by atoms with Gasteiger partial charge in [0.2, 0.25) is 20.0 Å². The summed E-state index contributed by atoms with van der Waals surface area (Å²) in [6, 6.07) is 30.3. The molecule has 11 nitrogen and oxygen atoms in total. The number of benzene rings is 4. The second kappa shape index (κ2) is 19.0. The molecule has 0 radical (unpaired) electrons. The Morgan fingerprint density at radius 3 is 1.44 bits per heavy atom. The Kier molecular flexibility index (Phi) is 13.9. The van der Waals surface area contributed by atoms with Crippen LogP contribution in [0.5, 0.6) is 5.75 Å². The van der Waals surface area contributed by atoms with Gasteiger partial charge in [-0.05, 0) is 73.5 Å². The van der Waals surface area contributed by atoms with E-state index in [-0.39, 0.29) is 0 Å². The minimum atomic E-state index is -3.45. The lowest BCUT2D eigenvalue weighted by atomic mass is 10.1. The first-order valence-electron chi connectivity index (χ1n) is 19.3. The van der Waals surface area contributed by atoms with Crippen LogP contribution in [0, 0.1) is 13.8 Å². The molecular weight excluding hydrogens is 889 g/mol. The largest absolute Gasteiger partial charge is 0.497 e. The van der Waals surface area contributed by atoms with Crippen LogP contribution in [0.3, 0.4) is 0 Å². The number of anilines is 2. The third kappa shape index (κ3) is 10.8. The quantitative estimate of drug-likeness (QED) is 0.128. The highest BCUT2D eigenvalue weighted by Gasteiger charge is 2.31. The molecule has 2 saturated heterocycles. The van der Waals surface area contributed by atoms with Crippen molar-refractivity contribution in [2.24, 2.45) is 0 Å². The zero-order valence-electron chi connectivity index (χ0n) is 33.2. The third-order valence-corrected chi connectivity index (χ3v) is 16.4. The number of hydrogen-bond donors (Lipinski definition) is 0. The number of piperazine rings is 2. The third-order valence-electron chi connectivity index (χ3n) is 10.2. The normalized spacial score (nSPS) is 15.5. The van der Waals surface area contributed by atoms with Crippen molar-refractivity contribution < 1.29 is 21.6 Å². The number of methoxy groups -OCH3 is 1. The molecule has 6 aromatic rings. The monoisotopic (exact) mass is 934 g/mol. The molecule has 2 fully saturated rings. The first kappa shape index (κ1) is 42.9. The van der Waals surface area contributed by atoms with Crippen LogP contribution in [0.25, 0.3) is 0 Å². The lowest BCUT2D eigenvalue weighted by Crippen LogP contribution is -2.48. The average Bonchev–Trinajstić information content (AvgIpc) is 3.92. The van der Waals surface area contributed by atoms with Gasteiger partial charge in [-0.1, -0.05) is 75.6 Å². The van der Waals surface area contributed by atoms with Gasteiger partial charge in [0.15, 0.2) is 10.3 Å². The van der Waals surface area contributed by atoms with E-state index in [0.29, 0.717) is 62.1 Å². The number of halogens is 1. The number of aromatic nitrogens is 2. The fourth-order valence-electron chi connectivity index (χ4n) is 6.85. The second-order valence-electron chi connectivity index (χ2n) is 14.5. The Hall–Kier alpha value is -4.16. The van der Waals surface area contributed by atoms with E-state index in [1.807, 2.05) is 68.4 Å². The zero-order valence-corrected chi connectivity index (χ0v) is 38.1. The van der Waals surface area contributed by atoms with Crippen molar-refractivity contribution in [3.05, 3.63) is 146 Å². The Balaban J connectivity index is 0.000000179. The summed E-state index contributed by atoms with van der Waals surface area (Å²) in [4.78, 5) is 14.6. The molecule has 0 N–H and O–H groups in total. The van der Waals surface area contributed by atoms with Crippen molar-refractivity contribution in [2.45, 2.75) is 36.5 Å². The zero-order chi connectivity index (χ0) is 41.6. The van der Waals surface area contributed by atoms with Crippen molar-refractivity contribution >= 4 is 68.9 Å². The minimum Gasteiger partial charge on any atom is -0.497 e. The number of sulfonamides is 2. The van der Waals surface area contributed by atoms with Gasteiger partial charge in [0.05, 0.1) is 28.3 Å². The first-order valence-corrected chi connectivity index (χ1v) is 24.7. The van der Waals surface area contributed by atoms with Crippen LogP contribution >= 0.6 is 38.6 Å². The van der Waals surface area contributed by atoms with Crippen molar-refractivity contribution in [1.82, 2.24) is 18.6 Å². The van der Waals surface area contributed by atoms with Crippen LogP contribution < -0.4 is 14.5 Å². The summed E-state index contributed by atoms with van der Waals surface area (Å²) in [7, 11) is -5.22. The van der Waals surface area contributed by atoms with Gasteiger partial charge in [-0.2, -0.15) is 8.61 Å². The van der Waals surface area contributed by atoms with Gasteiger partial charge in [0.1, 0.15) is 5.75 Å². The number of nitrogens with zero attached hydrogens (tertiary/aromatic N) is 6. The van der Waals surface area contributed by atoms with Gasteiger partial charge in [0, 0.05) is 80.4 Å². The molecular formula is C43H47BrN6O5S4. The molecule has 2 aliphatic heterocycles. The summed E-state index contributed by atoms with van der Waals surface area (Å²) >= 11 is 6.73. The predicted octanol–water partition coefficient (Wildman–Crippen LogP) is 7.88. The van der Waals surface area contributed by atoms with Crippen molar-refractivity contribution in [1.29, 1.82) is 0 Å². The molecule has 0 saturated carbocycles. The van der Waals surface area contributed by atoms with E-state index in [2.05, 4.69) is 54.7 Å². The summed E-state index contributed by atoms with van der Waals surface area (Å²) < 4.78 is 61.0. The van der Waals surface area contributed by atoms with Crippen molar-refractivity contribution in [2.75, 3.05) is 69.3 Å². The fourth-order valence-corrected chi connectivity index (χ4v) is 11.9. The summed E-state index contributed by atoms with van der Waals surface area (Å²) in [6.07, 6.45) is 1.53. The lowest BCUT2D eigenvalue weighted by Gasteiger charge is -2.33.